The summed E-state index contributed by atoms with van der Waals surface area (Å²) in [6, 6.07) is 14.4. The number of rotatable bonds is 5. The van der Waals surface area contributed by atoms with E-state index in [1.54, 1.807) is 6.07 Å². The van der Waals surface area contributed by atoms with Crippen LogP contribution in [0.5, 0.6) is 0 Å². The van der Waals surface area contributed by atoms with E-state index in [9.17, 15) is 18.0 Å². The van der Waals surface area contributed by atoms with E-state index in [0.29, 0.717) is 17.5 Å². The maximum Gasteiger partial charge on any atom is 0.416 e. The maximum atomic E-state index is 12.8. The minimum atomic E-state index is -4.39. The molecule has 1 N–H and O–H groups in total. The summed E-state index contributed by atoms with van der Waals surface area (Å²) >= 11 is 0. The Kier molecular flexibility index (Phi) is 7.77. The van der Waals surface area contributed by atoms with Crippen molar-refractivity contribution in [3.63, 3.8) is 0 Å². The topological polar surface area (TPSA) is 32.3 Å². The number of carbonyl (C=O) groups excluding carboxylic acids is 1. The molecule has 2 aliphatic rings. The number of piperidine rings is 1. The fourth-order valence-corrected chi connectivity index (χ4v) is 5.45. The Morgan fingerprint density at radius 1 is 0.971 bits per heavy atom. The van der Waals surface area contributed by atoms with Gasteiger partial charge in [0.05, 0.1) is 5.56 Å². The molecule has 0 aromatic heterocycles. The van der Waals surface area contributed by atoms with Crippen molar-refractivity contribution < 1.29 is 18.0 Å². The van der Waals surface area contributed by atoms with Gasteiger partial charge in [0, 0.05) is 18.2 Å². The Hall–Kier alpha value is -2.60. The van der Waals surface area contributed by atoms with E-state index in [2.05, 4.69) is 41.4 Å². The van der Waals surface area contributed by atoms with Gasteiger partial charge in [-0.25, -0.2) is 0 Å². The zero-order valence-electron chi connectivity index (χ0n) is 19.7. The van der Waals surface area contributed by atoms with Crippen molar-refractivity contribution in [2.75, 3.05) is 13.1 Å². The first-order valence-electron chi connectivity index (χ1n) is 12.2. The predicted molar refractivity (Wildman–Crippen MR) is 129 cm³/mol. The summed E-state index contributed by atoms with van der Waals surface area (Å²) in [5.74, 6) is 0.400. The van der Waals surface area contributed by atoms with Gasteiger partial charge in [-0.05, 0) is 99.4 Å². The largest absolute Gasteiger partial charge is 0.416 e. The standard InChI is InChI=1S/C28H33F3N2O/c1-20-5-2-3-8-26(20)22-15-17-33(18-16-22)25-12-10-24(11-13-25)32-27(34)14-9-21-6-4-7-23(19-21)28(29,30)31/h2-9,14,19,22,24-25H,10-13,15-18H2,1H3,(H,32,34)/b14-9+. The normalized spacial score (nSPS) is 22.7. The molecule has 34 heavy (non-hydrogen) atoms. The lowest BCUT2D eigenvalue weighted by Gasteiger charge is -2.41. The highest BCUT2D eigenvalue weighted by Gasteiger charge is 2.31. The Morgan fingerprint density at radius 3 is 2.35 bits per heavy atom. The van der Waals surface area contributed by atoms with Crippen LogP contribution in [-0.4, -0.2) is 36.0 Å². The van der Waals surface area contributed by atoms with E-state index in [4.69, 9.17) is 0 Å². The van der Waals surface area contributed by atoms with Crippen molar-refractivity contribution in [2.24, 2.45) is 0 Å². The second-order valence-corrected chi connectivity index (χ2v) is 9.64. The highest BCUT2D eigenvalue weighted by atomic mass is 19.4. The van der Waals surface area contributed by atoms with Gasteiger partial charge in [0.1, 0.15) is 0 Å². The molecule has 182 valence electrons. The fourth-order valence-electron chi connectivity index (χ4n) is 5.45. The number of benzene rings is 2. The van der Waals surface area contributed by atoms with E-state index in [1.165, 1.54) is 42.2 Å². The van der Waals surface area contributed by atoms with Crippen molar-refractivity contribution in [1.29, 1.82) is 0 Å². The van der Waals surface area contributed by atoms with Crippen LogP contribution < -0.4 is 5.32 Å². The minimum absolute atomic E-state index is 0.124. The molecule has 4 rings (SSSR count). The van der Waals surface area contributed by atoms with E-state index in [0.717, 1.165) is 50.9 Å². The van der Waals surface area contributed by atoms with Gasteiger partial charge in [-0.2, -0.15) is 13.2 Å². The predicted octanol–water partition coefficient (Wildman–Crippen LogP) is 6.33. The highest BCUT2D eigenvalue weighted by molar-refractivity contribution is 5.91. The van der Waals surface area contributed by atoms with Gasteiger partial charge in [-0.3, -0.25) is 4.79 Å². The minimum Gasteiger partial charge on any atom is -0.350 e. The quantitative estimate of drug-likeness (QED) is 0.518. The molecule has 0 atom stereocenters. The second kappa shape index (κ2) is 10.8. The van der Waals surface area contributed by atoms with Crippen LogP contribution in [0.3, 0.4) is 0 Å². The molecule has 1 aliphatic carbocycles. The molecule has 2 fully saturated rings. The number of hydrogen-bond acceptors (Lipinski definition) is 2. The fraction of sp³-hybridized carbons (Fsp3) is 0.464. The lowest BCUT2D eigenvalue weighted by Crippen LogP contribution is -2.46. The third-order valence-corrected chi connectivity index (χ3v) is 7.36. The van der Waals surface area contributed by atoms with Crippen molar-refractivity contribution in [1.82, 2.24) is 10.2 Å². The second-order valence-electron chi connectivity index (χ2n) is 9.64. The van der Waals surface area contributed by atoms with Crippen LogP contribution in [0.1, 0.15) is 66.7 Å². The molecular weight excluding hydrogens is 437 g/mol. The third kappa shape index (κ3) is 6.29. The summed E-state index contributed by atoms with van der Waals surface area (Å²) in [6.45, 7) is 4.45. The first kappa shape index (κ1) is 24.5. The van der Waals surface area contributed by atoms with Gasteiger partial charge in [0.25, 0.3) is 0 Å². The Morgan fingerprint density at radius 2 is 1.68 bits per heavy atom. The molecule has 1 amide bonds. The molecule has 0 unspecified atom stereocenters. The number of amides is 1. The van der Waals surface area contributed by atoms with Crippen molar-refractivity contribution in [3.8, 4) is 0 Å². The monoisotopic (exact) mass is 470 g/mol. The lowest BCUT2D eigenvalue weighted by molar-refractivity contribution is -0.137. The average molecular weight is 471 g/mol. The smallest absolute Gasteiger partial charge is 0.350 e. The molecular formula is C28H33F3N2O. The SMILES string of the molecule is Cc1ccccc1C1CCN(C2CCC(NC(=O)/C=C/c3cccc(C(F)(F)F)c3)CC2)CC1. The van der Waals surface area contributed by atoms with E-state index < -0.39 is 11.7 Å². The number of likely N-dealkylation sites (tertiary alicyclic amines) is 1. The molecule has 0 radical (unpaired) electrons. The molecule has 2 aromatic rings. The number of nitrogens with one attached hydrogen (secondary N) is 1. The van der Waals surface area contributed by atoms with Gasteiger partial charge in [-0.1, -0.05) is 36.4 Å². The average Bonchev–Trinajstić information content (AvgIpc) is 2.83. The molecule has 0 spiro atoms. The summed E-state index contributed by atoms with van der Waals surface area (Å²) in [6.07, 6.45) is 4.78. The van der Waals surface area contributed by atoms with Gasteiger partial charge in [0.15, 0.2) is 0 Å². The lowest BCUT2D eigenvalue weighted by atomic mass is 9.84. The van der Waals surface area contributed by atoms with Crippen LogP contribution in [0.15, 0.2) is 54.6 Å². The van der Waals surface area contributed by atoms with Crippen LogP contribution in [-0.2, 0) is 11.0 Å². The van der Waals surface area contributed by atoms with Gasteiger partial charge in [-0.15, -0.1) is 0 Å². The van der Waals surface area contributed by atoms with Crippen molar-refractivity contribution >= 4 is 12.0 Å². The summed E-state index contributed by atoms with van der Waals surface area (Å²) in [4.78, 5) is 14.9. The molecule has 2 aromatic carbocycles. The van der Waals surface area contributed by atoms with Gasteiger partial charge >= 0.3 is 6.18 Å². The number of hydrogen-bond donors (Lipinski definition) is 1. The molecule has 6 heteroatoms. The molecule has 0 bridgehead atoms. The van der Waals surface area contributed by atoms with E-state index >= 15 is 0 Å². The molecule has 1 heterocycles. The number of aryl methyl sites for hydroxylation is 1. The number of nitrogens with zero attached hydrogens (tertiary/aromatic N) is 1. The summed E-state index contributed by atoms with van der Waals surface area (Å²) in [5, 5.41) is 3.03. The molecule has 1 aliphatic heterocycles. The highest BCUT2D eigenvalue weighted by Crippen LogP contribution is 2.33. The first-order chi connectivity index (χ1) is 16.3. The Balaban J connectivity index is 1.21. The summed E-state index contributed by atoms with van der Waals surface area (Å²) < 4.78 is 38.5. The number of alkyl halides is 3. The molecule has 1 saturated carbocycles. The van der Waals surface area contributed by atoms with Crippen molar-refractivity contribution in [3.05, 3.63) is 76.9 Å². The van der Waals surface area contributed by atoms with Crippen molar-refractivity contribution in [2.45, 2.75) is 69.6 Å². The van der Waals surface area contributed by atoms with Crippen LogP contribution >= 0.6 is 0 Å². The van der Waals surface area contributed by atoms with E-state index in [-0.39, 0.29) is 11.9 Å². The zero-order chi connectivity index (χ0) is 24.1. The van der Waals surface area contributed by atoms with Gasteiger partial charge in [0.2, 0.25) is 5.91 Å². The van der Waals surface area contributed by atoms with Gasteiger partial charge < -0.3 is 10.2 Å². The third-order valence-electron chi connectivity index (χ3n) is 7.36. The number of halogens is 3. The number of carbonyl (C=O) groups is 1. The van der Waals surface area contributed by atoms with Crippen LogP contribution in [0, 0.1) is 6.92 Å². The van der Waals surface area contributed by atoms with Crippen LogP contribution in [0.25, 0.3) is 6.08 Å². The maximum absolute atomic E-state index is 12.8. The van der Waals surface area contributed by atoms with E-state index in [1.807, 2.05) is 0 Å². The first-order valence-corrected chi connectivity index (χ1v) is 12.2. The summed E-state index contributed by atoms with van der Waals surface area (Å²) in [7, 11) is 0. The molecule has 1 saturated heterocycles. The summed E-state index contributed by atoms with van der Waals surface area (Å²) in [5.41, 5.74) is 2.53. The Labute approximate surface area is 200 Å². The zero-order valence-corrected chi connectivity index (χ0v) is 19.7. The molecule has 3 nitrogen and oxygen atoms in total. The van der Waals surface area contributed by atoms with Crippen LogP contribution in [0.4, 0.5) is 13.2 Å². The van der Waals surface area contributed by atoms with Crippen LogP contribution in [0.2, 0.25) is 0 Å². The Bertz CT molecular complexity index is 1000.